The molecule has 0 radical (unpaired) electrons. The van der Waals surface area contributed by atoms with Gasteiger partial charge in [0.2, 0.25) is 0 Å². The molecule has 100 valence electrons. The molecule has 0 aliphatic heterocycles. The van der Waals surface area contributed by atoms with Gasteiger partial charge in [0.05, 0.1) is 12.1 Å². The maximum atomic E-state index is 12.3. The highest BCUT2D eigenvalue weighted by Crippen LogP contribution is 2.17. The van der Waals surface area contributed by atoms with Gasteiger partial charge in [0.1, 0.15) is 0 Å². The monoisotopic (exact) mass is 249 g/mol. The van der Waals surface area contributed by atoms with Gasteiger partial charge in [-0.1, -0.05) is 39.0 Å². The van der Waals surface area contributed by atoms with E-state index in [1.54, 1.807) is 0 Å². The summed E-state index contributed by atoms with van der Waals surface area (Å²) in [4.78, 5) is 12.3. The van der Waals surface area contributed by atoms with Gasteiger partial charge in [0.15, 0.2) is 0 Å². The van der Waals surface area contributed by atoms with Gasteiger partial charge in [-0.15, -0.1) is 0 Å². The average Bonchev–Trinajstić information content (AvgIpc) is 2.44. The second kappa shape index (κ2) is 6.55. The Morgan fingerprint density at radius 3 is 2.33 bits per heavy atom. The summed E-state index contributed by atoms with van der Waals surface area (Å²) in [6, 6.07) is 7.61. The zero-order valence-corrected chi connectivity index (χ0v) is 11.5. The Bertz CT molecular complexity index is 389. The van der Waals surface area contributed by atoms with E-state index in [0.29, 0.717) is 5.56 Å². The van der Waals surface area contributed by atoms with E-state index >= 15 is 0 Å². The maximum absolute atomic E-state index is 12.3. The van der Waals surface area contributed by atoms with Crippen LogP contribution in [-0.2, 0) is 6.42 Å². The lowest BCUT2D eigenvalue weighted by molar-refractivity contribution is 0.0817. The second-order valence-corrected chi connectivity index (χ2v) is 4.61. The number of amides is 1. The van der Waals surface area contributed by atoms with Crippen molar-refractivity contribution < 1.29 is 9.90 Å². The summed E-state index contributed by atoms with van der Waals surface area (Å²) in [7, 11) is 0. The number of hydrogen-bond acceptors (Lipinski definition) is 2. The highest BCUT2D eigenvalue weighted by Gasteiger charge is 2.28. The van der Waals surface area contributed by atoms with Crippen molar-refractivity contribution >= 4 is 5.91 Å². The largest absolute Gasteiger partial charge is 0.394 e. The van der Waals surface area contributed by atoms with E-state index in [2.05, 4.69) is 5.32 Å². The molecule has 0 fully saturated rings. The van der Waals surface area contributed by atoms with Gasteiger partial charge in [0, 0.05) is 5.56 Å². The standard InChI is InChI=1S/C15H23NO2/c1-4-12-9-7-8-10-13(12)14(18)16-15(5-2,6-3)11-17/h7-10,17H,4-6,11H2,1-3H3,(H,16,18). The number of rotatable bonds is 6. The number of benzene rings is 1. The molecule has 0 saturated heterocycles. The van der Waals surface area contributed by atoms with Gasteiger partial charge in [-0.05, 0) is 30.9 Å². The molecular formula is C15H23NO2. The highest BCUT2D eigenvalue weighted by atomic mass is 16.3. The number of carbonyl (C=O) groups excluding carboxylic acids is 1. The minimum absolute atomic E-state index is 0.0277. The molecule has 1 aromatic rings. The Morgan fingerprint density at radius 2 is 1.83 bits per heavy atom. The summed E-state index contributed by atoms with van der Waals surface area (Å²) < 4.78 is 0. The number of aryl methyl sites for hydroxylation is 1. The molecule has 1 aromatic carbocycles. The Kier molecular flexibility index (Phi) is 5.35. The molecular weight excluding hydrogens is 226 g/mol. The van der Waals surface area contributed by atoms with Crippen molar-refractivity contribution in [2.45, 2.75) is 45.6 Å². The summed E-state index contributed by atoms with van der Waals surface area (Å²) in [6.07, 6.45) is 2.27. The molecule has 0 unspecified atom stereocenters. The van der Waals surface area contributed by atoms with Crippen molar-refractivity contribution in [1.82, 2.24) is 5.32 Å². The summed E-state index contributed by atoms with van der Waals surface area (Å²) in [5.74, 6) is -0.0924. The van der Waals surface area contributed by atoms with Crippen LogP contribution in [0.3, 0.4) is 0 Å². The molecule has 1 amide bonds. The minimum Gasteiger partial charge on any atom is -0.394 e. The predicted molar refractivity (Wildman–Crippen MR) is 73.7 cm³/mol. The fourth-order valence-electron chi connectivity index (χ4n) is 2.05. The smallest absolute Gasteiger partial charge is 0.252 e. The molecule has 2 N–H and O–H groups in total. The van der Waals surface area contributed by atoms with Gasteiger partial charge >= 0.3 is 0 Å². The Hall–Kier alpha value is -1.35. The lowest BCUT2D eigenvalue weighted by Gasteiger charge is -2.31. The SMILES string of the molecule is CCc1ccccc1C(=O)NC(CC)(CC)CO. The quantitative estimate of drug-likeness (QED) is 0.814. The third kappa shape index (κ3) is 3.10. The first kappa shape index (κ1) is 14.7. The van der Waals surface area contributed by atoms with Crippen LogP contribution in [0.1, 0.15) is 49.5 Å². The van der Waals surface area contributed by atoms with Crippen molar-refractivity contribution in [2.75, 3.05) is 6.61 Å². The lowest BCUT2D eigenvalue weighted by Crippen LogP contribution is -2.50. The van der Waals surface area contributed by atoms with E-state index in [1.165, 1.54) is 0 Å². The van der Waals surface area contributed by atoms with Crippen LogP contribution in [0.25, 0.3) is 0 Å². The minimum atomic E-state index is -0.502. The van der Waals surface area contributed by atoms with Crippen LogP contribution < -0.4 is 5.32 Å². The van der Waals surface area contributed by atoms with Crippen LogP contribution in [0.2, 0.25) is 0 Å². The van der Waals surface area contributed by atoms with Gasteiger partial charge < -0.3 is 10.4 Å². The first-order valence-corrected chi connectivity index (χ1v) is 6.63. The van der Waals surface area contributed by atoms with Crippen LogP contribution in [0.15, 0.2) is 24.3 Å². The van der Waals surface area contributed by atoms with E-state index in [9.17, 15) is 9.90 Å². The molecule has 1 rings (SSSR count). The molecule has 0 spiro atoms. The molecule has 3 heteroatoms. The number of aliphatic hydroxyl groups is 1. The second-order valence-electron chi connectivity index (χ2n) is 4.61. The first-order valence-electron chi connectivity index (χ1n) is 6.63. The Labute approximate surface area is 109 Å². The molecule has 0 bridgehead atoms. The summed E-state index contributed by atoms with van der Waals surface area (Å²) in [6.45, 7) is 5.96. The molecule has 0 aromatic heterocycles. The van der Waals surface area contributed by atoms with Crippen molar-refractivity contribution in [1.29, 1.82) is 0 Å². The van der Waals surface area contributed by atoms with Crippen LogP contribution in [0, 0.1) is 0 Å². The number of carbonyl (C=O) groups is 1. The van der Waals surface area contributed by atoms with Gasteiger partial charge in [-0.25, -0.2) is 0 Å². The van der Waals surface area contributed by atoms with Crippen LogP contribution in [0.5, 0.6) is 0 Å². The van der Waals surface area contributed by atoms with Crippen LogP contribution in [-0.4, -0.2) is 23.2 Å². The third-order valence-electron chi connectivity index (χ3n) is 3.68. The molecule has 0 heterocycles. The summed E-state index contributed by atoms with van der Waals surface area (Å²) in [5, 5.41) is 12.5. The normalized spacial score (nSPS) is 11.3. The molecule has 3 nitrogen and oxygen atoms in total. The van der Waals surface area contributed by atoms with E-state index in [0.717, 1.165) is 24.8 Å². The Balaban J connectivity index is 2.94. The lowest BCUT2D eigenvalue weighted by atomic mass is 9.93. The molecule has 0 saturated carbocycles. The van der Waals surface area contributed by atoms with Crippen molar-refractivity contribution in [2.24, 2.45) is 0 Å². The fourth-order valence-corrected chi connectivity index (χ4v) is 2.05. The van der Waals surface area contributed by atoms with Crippen LogP contribution in [0.4, 0.5) is 0 Å². The zero-order chi connectivity index (χ0) is 13.6. The third-order valence-corrected chi connectivity index (χ3v) is 3.68. The molecule has 0 aliphatic carbocycles. The summed E-state index contributed by atoms with van der Waals surface area (Å²) >= 11 is 0. The zero-order valence-electron chi connectivity index (χ0n) is 11.5. The van der Waals surface area contributed by atoms with Crippen molar-refractivity contribution in [3.63, 3.8) is 0 Å². The van der Waals surface area contributed by atoms with E-state index in [4.69, 9.17) is 0 Å². The molecule has 0 atom stereocenters. The average molecular weight is 249 g/mol. The highest BCUT2D eigenvalue weighted by molar-refractivity contribution is 5.96. The molecule has 18 heavy (non-hydrogen) atoms. The number of aliphatic hydroxyl groups excluding tert-OH is 1. The van der Waals surface area contributed by atoms with E-state index in [-0.39, 0.29) is 12.5 Å². The molecule has 0 aliphatic rings. The van der Waals surface area contributed by atoms with Gasteiger partial charge in [0.25, 0.3) is 5.91 Å². The van der Waals surface area contributed by atoms with Crippen molar-refractivity contribution in [3.8, 4) is 0 Å². The summed E-state index contributed by atoms with van der Waals surface area (Å²) in [5.41, 5.74) is 1.24. The van der Waals surface area contributed by atoms with E-state index < -0.39 is 5.54 Å². The Morgan fingerprint density at radius 1 is 1.22 bits per heavy atom. The predicted octanol–water partition coefficient (Wildman–Crippen LogP) is 2.53. The first-order chi connectivity index (χ1) is 8.62. The van der Waals surface area contributed by atoms with Crippen LogP contribution >= 0.6 is 0 Å². The number of nitrogens with one attached hydrogen (secondary N) is 1. The van der Waals surface area contributed by atoms with Crippen molar-refractivity contribution in [3.05, 3.63) is 35.4 Å². The fraction of sp³-hybridized carbons (Fsp3) is 0.533. The number of hydrogen-bond donors (Lipinski definition) is 2. The topological polar surface area (TPSA) is 49.3 Å². The van der Waals surface area contributed by atoms with Gasteiger partial charge in [-0.3, -0.25) is 4.79 Å². The van der Waals surface area contributed by atoms with Gasteiger partial charge in [-0.2, -0.15) is 0 Å². The maximum Gasteiger partial charge on any atom is 0.252 e. The van der Waals surface area contributed by atoms with E-state index in [1.807, 2.05) is 45.0 Å².